The topological polar surface area (TPSA) is 49.5 Å². The second-order valence-electron chi connectivity index (χ2n) is 4.50. The molecule has 3 nitrogen and oxygen atoms in total. The molecule has 1 unspecified atom stereocenters. The molecule has 1 aliphatic rings. The summed E-state index contributed by atoms with van der Waals surface area (Å²) in [4.78, 5) is 2.79. The summed E-state index contributed by atoms with van der Waals surface area (Å²) in [6.45, 7) is 2.05. The van der Waals surface area contributed by atoms with Crippen molar-refractivity contribution < 1.29 is 5.11 Å². The lowest BCUT2D eigenvalue weighted by molar-refractivity contribution is 0.203. The van der Waals surface area contributed by atoms with Gasteiger partial charge in [0.25, 0.3) is 0 Å². The zero-order valence-corrected chi connectivity index (χ0v) is 10.6. The lowest BCUT2D eigenvalue weighted by Crippen LogP contribution is -2.40. The van der Waals surface area contributed by atoms with Gasteiger partial charge in [0.15, 0.2) is 0 Å². The van der Waals surface area contributed by atoms with Crippen LogP contribution in [0.5, 0.6) is 5.75 Å². The fourth-order valence-electron chi connectivity index (χ4n) is 2.43. The maximum absolute atomic E-state index is 9.54. The number of nitrogens with zero attached hydrogens (tertiary/aromatic N) is 1. The molecular weight excluding hydrogens is 232 g/mol. The Kier molecular flexibility index (Phi) is 3.97. The minimum atomic E-state index is -0.0441. The number of aromatic hydroxyl groups is 1. The van der Waals surface area contributed by atoms with E-state index in [0.717, 1.165) is 18.7 Å². The van der Waals surface area contributed by atoms with Gasteiger partial charge in [0.05, 0.1) is 11.0 Å². The first-order valence-electron chi connectivity index (χ1n) is 6.01. The van der Waals surface area contributed by atoms with Crippen molar-refractivity contribution in [2.45, 2.75) is 25.3 Å². The molecule has 1 saturated heterocycles. The van der Waals surface area contributed by atoms with E-state index in [4.69, 9.17) is 18.0 Å². The molecule has 0 aliphatic carbocycles. The molecule has 0 saturated carbocycles. The van der Waals surface area contributed by atoms with E-state index in [0.29, 0.717) is 4.99 Å². The highest BCUT2D eigenvalue weighted by Gasteiger charge is 2.24. The molecule has 17 heavy (non-hydrogen) atoms. The number of phenols is 1. The third-order valence-electron chi connectivity index (χ3n) is 3.21. The molecule has 92 valence electrons. The Bertz CT molecular complexity index is 402. The highest BCUT2D eigenvalue weighted by Crippen LogP contribution is 2.27. The molecule has 1 fully saturated rings. The van der Waals surface area contributed by atoms with E-state index >= 15 is 0 Å². The standard InChI is InChI=1S/C13H18N2OS/c14-13(17)12(15-7-2-1-3-8-15)10-5-4-6-11(16)9-10/h4-6,9,12,16H,1-3,7-8H2,(H2,14,17). The molecule has 1 heterocycles. The lowest BCUT2D eigenvalue weighted by Gasteiger charge is -2.34. The molecule has 3 N–H and O–H groups in total. The van der Waals surface area contributed by atoms with Crippen molar-refractivity contribution in [2.75, 3.05) is 13.1 Å². The normalized spacial score (nSPS) is 18.8. The van der Waals surface area contributed by atoms with Gasteiger partial charge < -0.3 is 10.8 Å². The molecular formula is C13H18N2OS. The van der Waals surface area contributed by atoms with E-state index in [-0.39, 0.29) is 11.8 Å². The molecule has 4 heteroatoms. The second kappa shape index (κ2) is 5.47. The summed E-state index contributed by atoms with van der Waals surface area (Å²) in [5.41, 5.74) is 6.84. The van der Waals surface area contributed by atoms with Crippen LogP contribution in [0.2, 0.25) is 0 Å². The van der Waals surface area contributed by atoms with Gasteiger partial charge >= 0.3 is 0 Å². The fraction of sp³-hybridized carbons (Fsp3) is 0.462. The van der Waals surface area contributed by atoms with Crippen LogP contribution in [0, 0.1) is 0 Å². The molecule has 0 bridgehead atoms. The van der Waals surface area contributed by atoms with Crippen molar-refractivity contribution in [3.63, 3.8) is 0 Å². The van der Waals surface area contributed by atoms with Crippen LogP contribution in [0.3, 0.4) is 0 Å². The van der Waals surface area contributed by atoms with Crippen LogP contribution in [0.15, 0.2) is 24.3 Å². The van der Waals surface area contributed by atoms with Crippen LogP contribution >= 0.6 is 12.2 Å². The van der Waals surface area contributed by atoms with Gasteiger partial charge in [-0.2, -0.15) is 0 Å². The predicted octanol–water partition coefficient (Wildman–Crippen LogP) is 2.21. The van der Waals surface area contributed by atoms with E-state index < -0.39 is 0 Å². The molecule has 1 aromatic carbocycles. The first-order valence-corrected chi connectivity index (χ1v) is 6.41. The summed E-state index contributed by atoms with van der Waals surface area (Å²) < 4.78 is 0. The Morgan fingerprint density at radius 1 is 1.29 bits per heavy atom. The number of thiocarbonyl (C=S) groups is 1. The van der Waals surface area contributed by atoms with Crippen LogP contribution in [0.25, 0.3) is 0 Å². The summed E-state index contributed by atoms with van der Waals surface area (Å²) in [5.74, 6) is 0.265. The first kappa shape index (κ1) is 12.3. The lowest BCUT2D eigenvalue weighted by atomic mass is 10.0. The molecule has 0 spiro atoms. The SMILES string of the molecule is NC(=S)C(c1cccc(O)c1)N1CCCCC1. The van der Waals surface area contributed by atoms with E-state index in [2.05, 4.69) is 4.90 Å². The van der Waals surface area contributed by atoms with Crippen molar-refractivity contribution in [1.82, 2.24) is 4.90 Å². The Morgan fingerprint density at radius 2 is 2.00 bits per heavy atom. The van der Waals surface area contributed by atoms with Crippen LogP contribution in [0.1, 0.15) is 30.9 Å². The molecule has 0 aromatic heterocycles. The molecule has 2 rings (SSSR count). The average Bonchev–Trinajstić information content (AvgIpc) is 2.30. The Hall–Kier alpha value is -1.13. The number of hydrogen-bond donors (Lipinski definition) is 2. The van der Waals surface area contributed by atoms with Crippen LogP contribution < -0.4 is 5.73 Å². The van der Waals surface area contributed by atoms with E-state index in [1.807, 2.05) is 12.1 Å². The smallest absolute Gasteiger partial charge is 0.115 e. The van der Waals surface area contributed by atoms with E-state index in [1.54, 1.807) is 12.1 Å². The summed E-state index contributed by atoms with van der Waals surface area (Å²) in [5, 5.41) is 9.54. The van der Waals surface area contributed by atoms with Crippen molar-refractivity contribution in [3.8, 4) is 5.75 Å². The van der Waals surface area contributed by atoms with Gasteiger partial charge in [0, 0.05) is 0 Å². The van der Waals surface area contributed by atoms with Gasteiger partial charge in [-0.3, -0.25) is 4.90 Å². The molecule has 1 aliphatic heterocycles. The summed E-state index contributed by atoms with van der Waals surface area (Å²) in [6.07, 6.45) is 3.66. The number of likely N-dealkylation sites (tertiary alicyclic amines) is 1. The zero-order valence-electron chi connectivity index (χ0n) is 9.80. The molecule has 1 aromatic rings. The Morgan fingerprint density at radius 3 is 2.59 bits per heavy atom. The second-order valence-corrected chi connectivity index (χ2v) is 4.97. The quantitative estimate of drug-likeness (QED) is 0.808. The first-order chi connectivity index (χ1) is 8.18. The largest absolute Gasteiger partial charge is 0.508 e. The number of hydrogen-bond acceptors (Lipinski definition) is 3. The van der Waals surface area contributed by atoms with Crippen molar-refractivity contribution in [1.29, 1.82) is 0 Å². The third-order valence-corrected chi connectivity index (χ3v) is 3.43. The zero-order chi connectivity index (χ0) is 12.3. The minimum Gasteiger partial charge on any atom is -0.508 e. The van der Waals surface area contributed by atoms with Crippen molar-refractivity contribution in [3.05, 3.63) is 29.8 Å². The van der Waals surface area contributed by atoms with E-state index in [1.165, 1.54) is 19.3 Å². The van der Waals surface area contributed by atoms with Gasteiger partial charge in [-0.25, -0.2) is 0 Å². The van der Waals surface area contributed by atoms with Crippen LogP contribution in [-0.4, -0.2) is 28.1 Å². The van der Waals surface area contributed by atoms with Crippen LogP contribution in [0.4, 0.5) is 0 Å². The maximum Gasteiger partial charge on any atom is 0.115 e. The third kappa shape index (κ3) is 2.96. The Labute approximate surface area is 107 Å². The fourth-order valence-corrected chi connectivity index (χ4v) is 2.71. The number of piperidine rings is 1. The highest BCUT2D eigenvalue weighted by atomic mass is 32.1. The van der Waals surface area contributed by atoms with Crippen LogP contribution in [-0.2, 0) is 0 Å². The van der Waals surface area contributed by atoms with Gasteiger partial charge in [0.1, 0.15) is 5.75 Å². The highest BCUT2D eigenvalue weighted by molar-refractivity contribution is 7.80. The van der Waals surface area contributed by atoms with Gasteiger partial charge in [0.2, 0.25) is 0 Å². The van der Waals surface area contributed by atoms with E-state index in [9.17, 15) is 5.11 Å². The summed E-state index contributed by atoms with van der Waals surface area (Å²) in [6, 6.07) is 7.17. The average molecular weight is 250 g/mol. The van der Waals surface area contributed by atoms with Gasteiger partial charge in [-0.05, 0) is 43.6 Å². The number of benzene rings is 1. The van der Waals surface area contributed by atoms with Crippen molar-refractivity contribution >= 4 is 17.2 Å². The van der Waals surface area contributed by atoms with Gasteiger partial charge in [-0.1, -0.05) is 30.8 Å². The number of rotatable bonds is 3. The monoisotopic (exact) mass is 250 g/mol. The summed E-state index contributed by atoms with van der Waals surface area (Å²) >= 11 is 5.18. The molecule has 0 radical (unpaired) electrons. The van der Waals surface area contributed by atoms with Crippen molar-refractivity contribution in [2.24, 2.45) is 5.73 Å². The minimum absolute atomic E-state index is 0.0441. The maximum atomic E-state index is 9.54. The van der Waals surface area contributed by atoms with Gasteiger partial charge in [-0.15, -0.1) is 0 Å². The molecule has 1 atom stereocenters. The molecule has 0 amide bonds. The summed E-state index contributed by atoms with van der Waals surface area (Å²) in [7, 11) is 0. The Balaban J connectivity index is 2.25. The predicted molar refractivity (Wildman–Crippen MR) is 73.1 cm³/mol. The number of nitrogens with two attached hydrogens (primary N) is 1. The number of phenolic OH excluding ortho intramolecular Hbond substituents is 1.